The van der Waals surface area contributed by atoms with Gasteiger partial charge in [-0.25, -0.2) is 5.01 Å². The third kappa shape index (κ3) is 5.83. The molecule has 2 aliphatic rings. The zero-order chi connectivity index (χ0) is 26.6. The van der Waals surface area contributed by atoms with Crippen LogP contribution in [0.15, 0.2) is 65.8 Å². The maximum atomic E-state index is 13.8. The number of ether oxygens (including phenoxy) is 1. The van der Waals surface area contributed by atoms with Gasteiger partial charge < -0.3 is 20.7 Å². The molecule has 2 unspecified atom stereocenters. The summed E-state index contributed by atoms with van der Waals surface area (Å²) in [5.41, 5.74) is 5.72. The van der Waals surface area contributed by atoms with Gasteiger partial charge in [0, 0.05) is 33.0 Å². The van der Waals surface area contributed by atoms with Crippen molar-refractivity contribution in [3.05, 3.63) is 66.2 Å². The number of hydrogen-bond acceptors (Lipinski definition) is 6. The Morgan fingerprint density at radius 2 is 1.78 bits per heavy atom. The van der Waals surface area contributed by atoms with Crippen LogP contribution in [0.2, 0.25) is 0 Å². The average Bonchev–Trinajstić information content (AvgIpc) is 3.12. The van der Waals surface area contributed by atoms with Gasteiger partial charge in [0.15, 0.2) is 0 Å². The summed E-state index contributed by atoms with van der Waals surface area (Å²) in [5.74, 6) is -0.136. The summed E-state index contributed by atoms with van der Waals surface area (Å²) in [6, 6.07) is 18.2. The van der Waals surface area contributed by atoms with E-state index in [1.54, 1.807) is 25.8 Å². The molecule has 196 valence electrons. The fraction of sp³-hybridized carbons (Fsp3) is 0.429. The molecule has 37 heavy (non-hydrogen) atoms. The normalized spacial score (nSPS) is 20.2. The van der Waals surface area contributed by atoms with Crippen LogP contribution in [-0.2, 0) is 20.8 Å². The van der Waals surface area contributed by atoms with Gasteiger partial charge in [0.1, 0.15) is 17.2 Å². The second-order valence-electron chi connectivity index (χ2n) is 10.3. The molecule has 3 amide bonds. The smallest absolute Gasteiger partial charge is 0.256 e. The minimum atomic E-state index is -1.15. The number of hydrogen-bond donors (Lipinski definition) is 2. The molecular weight excluding hydrogens is 470 g/mol. The van der Waals surface area contributed by atoms with E-state index in [1.807, 2.05) is 60.7 Å². The fourth-order valence-electron chi connectivity index (χ4n) is 4.85. The fourth-order valence-corrected chi connectivity index (χ4v) is 4.85. The minimum absolute atomic E-state index is 0.125. The van der Waals surface area contributed by atoms with E-state index in [0.29, 0.717) is 25.1 Å². The molecule has 2 aromatic rings. The van der Waals surface area contributed by atoms with Crippen molar-refractivity contribution in [2.24, 2.45) is 16.3 Å². The molecule has 2 atom stereocenters. The highest BCUT2D eigenvalue weighted by atomic mass is 16.5. The lowest BCUT2D eigenvalue weighted by molar-refractivity contribution is -0.142. The van der Waals surface area contributed by atoms with Crippen LogP contribution in [0.3, 0.4) is 0 Å². The van der Waals surface area contributed by atoms with Gasteiger partial charge >= 0.3 is 0 Å². The van der Waals surface area contributed by atoms with Crippen molar-refractivity contribution in [2.75, 3.05) is 26.7 Å². The monoisotopic (exact) mass is 505 g/mol. The summed E-state index contributed by atoms with van der Waals surface area (Å²) >= 11 is 0. The molecule has 2 aliphatic heterocycles. The van der Waals surface area contributed by atoms with E-state index in [1.165, 1.54) is 5.01 Å². The van der Waals surface area contributed by atoms with Crippen LogP contribution in [0, 0.1) is 5.41 Å². The molecule has 0 aliphatic carbocycles. The van der Waals surface area contributed by atoms with Crippen molar-refractivity contribution >= 4 is 23.4 Å². The van der Waals surface area contributed by atoms with Gasteiger partial charge in [0.2, 0.25) is 11.8 Å². The van der Waals surface area contributed by atoms with Crippen LogP contribution < -0.4 is 15.8 Å². The summed E-state index contributed by atoms with van der Waals surface area (Å²) in [4.78, 5) is 41.7. The molecule has 9 heteroatoms. The maximum absolute atomic E-state index is 13.8. The molecule has 3 N–H and O–H groups in total. The predicted molar refractivity (Wildman–Crippen MR) is 141 cm³/mol. The number of carbonyl (C=O) groups is 3. The topological polar surface area (TPSA) is 117 Å². The molecule has 0 spiro atoms. The Kier molecular flexibility index (Phi) is 7.63. The minimum Gasteiger partial charge on any atom is -0.494 e. The maximum Gasteiger partial charge on any atom is 0.256 e. The highest BCUT2D eigenvalue weighted by Crippen LogP contribution is 2.38. The number of benzene rings is 2. The quantitative estimate of drug-likeness (QED) is 0.540. The first-order valence-electron chi connectivity index (χ1n) is 12.6. The number of carbonyl (C=O) groups excluding carboxylic acids is 3. The number of amides is 3. The number of fused-ring (bicyclic) bond motifs is 1. The summed E-state index contributed by atoms with van der Waals surface area (Å²) in [7, 11) is 1.65. The van der Waals surface area contributed by atoms with Crippen LogP contribution >= 0.6 is 0 Å². The van der Waals surface area contributed by atoms with Gasteiger partial charge in [-0.1, -0.05) is 48.5 Å². The van der Waals surface area contributed by atoms with E-state index in [2.05, 4.69) is 10.4 Å². The van der Waals surface area contributed by atoms with Crippen LogP contribution in [0.25, 0.3) is 0 Å². The Hall–Kier alpha value is -3.72. The number of piperidine rings is 1. The SMILES string of the molecule is CN1N=C2CCN(C(=O)C(CCOc3ccccc3)NC(=O)C(C)(C)N)CC2(Cc2ccccc2)C1=O. The van der Waals surface area contributed by atoms with E-state index >= 15 is 0 Å². The highest BCUT2D eigenvalue weighted by Gasteiger charge is 2.53. The molecule has 4 rings (SSSR count). The lowest BCUT2D eigenvalue weighted by Gasteiger charge is -2.41. The van der Waals surface area contributed by atoms with Crippen molar-refractivity contribution < 1.29 is 19.1 Å². The average molecular weight is 506 g/mol. The lowest BCUT2D eigenvalue weighted by Crippen LogP contribution is -2.61. The van der Waals surface area contributed by atoms with Crippen molar-refractivity contribution in [3.8, 4) is 5.75 Å². The van der Waals surface area contributed by atoms with Gasteiger partial charge in [-0.15, -0.1) is 0 Å². The van der Waals surface area contributed by atoms with Gasteiger partial charge in [-0.05, 0) is 38.0 Å². The third-order valence-corrected chi connectivity index (χ3v) is 6.87. The van der Waals surface area contributed by atoms with Crippen LogP contribution in [0.1, 0.15) is 32.3 Å². The second kappa shape index (κ2) is 10.7. The summed E-state index contributed by atoms with van der Waals surface area (Å²) in [5, 5.41) is 8.73. The highest BCUT2D eigenvalue weighted by molar-refractivity contribution is 6.13. The molecule has 0 radical (unpaired) electrons. The number of hydrazone groups is 1. The van der Waals surface area contributed by atoms with Crippen molar-refractivity contribution in [3.63, 3.8) is 0 Å². The third-order valence-electron chi connectivity index (χ3n) is 6.87. The molecule has 0 saturated carbocycles. The van der Waals surface area contributed by atoms with E-state index in [-0.39, 0.29) is 31.4 Å². The number of rotatable bonds is 9. The number of para-hydroxylation sites is 1. The Bertz CT molecular complexity index is 1160. The largest absolute Gasteiger partial charge is 0.494 e. The number of nitrogens with two attached hydrogens (primary N) is 1. The first-order chi connectivity index (χ1) is 17.6. The summed E-state index contributed by atoms with van der Waals surface area (Å²) in [6.07, 6.45) is 1.19. The number of nitrogens with one attached hydrogen (secondary N) is 1. The van der Waals surface area contributed by atoms with Crippen molar-refractivity contribution in [1.82, 2.24) is 15.2 Å². The lowest BCUT2D eigenvalue weighted by atomic mass is 9.73. The van der Waals surface area contributed by atoms with Gasteiger partial charge in [0.25, 0.3) is 5.91 Å². The first kappa shape index (κ1) is 26.3. The summed E-state index contributed by atoms with van der Waals surface area (Å²) in [6.45, 7) is 4.02. The van der Waals surface area contributed by atoms with E-state index in [4.69, 9.17) is 10.5 Å². The predicted octanol–water partition coefficient (Wildman–Crippen LogP) is 1.97. The van der Waals surface area contributed by atoms with Crippen LogP contribution in [-0.4, -0.2) is 71.7 Å². The molecule has 1 saturated heterocycles. The zero-order valence-corrected chi connectivity index (χ0v) is 21.6. The van der Waals surface area contributed by atoms with Crippen LogP contribution in [0.4, 0.5) is 0 Å². The molecule has 2 heterocycles. The zero-order valence-electron chi connectivity index (χ0n) is 21.6. The van der Waals surface area contributed by atoms with Crippen molar-refractivity contribution in [1.29, 1.82) is 0 Å². The molecule has 0 bridgehead atoms. The Morgan fingerprint density at radius 3 is 2.43 bits per heavy atom. The second-order valence-corrected chi connectivity index (χ2v) is 10.3. The first-order valence-corrected chi connectivity index (χ1v) is 12.6. The molecule has 1 fully saturated rings. The van der Waals surface area contributed by atoms with Crippen LogP contribution in [0.5, 0.6) is 5.75 Å². The van der Waals surface area contributed by atoms with Gasteiger partial charge in [-0.2, -0.15) is 5.10 Å². The van der Waals surface area contributed by atoms with Crippen molar-refractivity contribution in [2.45, 2.75) is 44.7 Å². The molecular formula is C28H35N5O4. The van der Waals surface area contributed by atoms with E-state index in [9.17, 15) is 14.4 Å². The standard InChI is InChI=1S/C28H35N5O4/c1-27(2,29)25(35)30-22(15-17-37-21-12-8-5-9-13-21)24(34)33-16-14-23-28(19-33,26(36)32(3)31-23)18-20-10-6-4-7-11-20/h4-13,22H,14-19,29H2,1-3H3,(H,30,35). The Balaban J connectivity index is 1.54. The molecule has 9 nitrogen and oxygen atoms in total. The summed E-state index contributed by atoms with van der Waals surface area (Å²) < 4.78 is 5.81. The van der Waals surface area contributed by atoms with E-state index < -0.39 is 22.9 Å². The van der Waals surface area contributed by atoms with Gasteiger partial charge in [0.05, 0.1) is 17.9 Å². The Labute approximate surface area is 217 Å². The van der Waals surface area contributed by atoms with Gasteiger partial charge in [-0.3, -0.25) is 14.4 Å². The molecule has 0 aromatic heterocycles. The molecule has 2 aromatic carbocycles. The Morgan fingerprint density at radius 1 is 1.14 bits per heavy atom. The van der Waals surface area contributed by atoms with E-state index in [0.717, 1.165) is 11.3 Å². The number of nitrogens with zero attached hydrogens (tertiary/aromatic N) is 3. The number of likely N-dealkylation sites (tertiary alicyclic amines) is 1.